The van der Waals surface area contributed by atoms with Gasteiger partial charge in [0.1, 0.15) is 5.76 Å². The zero-order chi connectivity index (χ0) is 26.0. The Hall–Kier alpha value is -4.79. The van der Waals surface area contributed by atoms with Gasteiger partial charge in [0.05, 0.1) is 30.1 Å². The minimum atomic E-state index is -0.975. The molecule has 1 atom stereocenters. The molecule has 0 radical (unpaired) electrons. The lowest BCUT2D eigenvalue weighted by molar-refractivity contribution is -0.384. The van der Waals surface area contributed by atoms with Crippen LogP contribution < -0.4 is 4.90 Å². The first kappa shape index (κ1) is 24.3. The first-order chi connectivity index (χ1) is 17.2. The zero-order valence-electron chi connectivity index (χ0n) is 19.5. The predicted molar refractivity (Wildman–Crippen MR) is 131 cm³/mol. The molecule has 0 aromatic heterocycles. The first-order valence-electron chi connectivity index (χ1n) is 11.0. The van der Waals surface area contributed by atoms with Crippen LogP contribution in [0.1, 0.15) is 28.3 Å². The van der Waals surface area contributed by atoms with E-state index in [0.29, 0.717) is 16.8 Å². The fourth-order valence-electron chi connectivity index (χ4n) is 4.22. The lowest BCUT2D eigenvalue weighted by atomic mass is 9.92. The number of aliphatic hydroxyl groups excluding tert-OH is 1. The number of amides is 1. The Labute approximate surface area is 206 Å². The number of ketones is 1. The SMILES string of the molecule is COC(=O)Cc1ccc(N2C(=O)C(=O)/C(=C(/O)c3cccc([N+](=O)[O-])c3)C2c2ccccc2C)cc1. The quantitative estimate of drug-likeness (QED) is 0.138. The minimum Gasteiger partial charge on any atom is -0.507 e. The number of benzene rings is 3. The molecule has 3 aromatic rings. The molecule has 1 aliphatic heterocycles. The van der Waals surface area contributed by atoms with Crippen LogP contribution in [0, 0.1) is 17.0 Å². The van der Waals surface area contributed by atoms with Crippen LogP contribution in [0.2, 0.25) is 0 Å². The number of aryl methyl sites for hydroxylation is 1. The smallest absolute Gasteiger partial charge is 0.309 e. The number of rotatable bonds is 6. The average Bonchev–Trinajstić information content (AvgIpc) is 3.14. The van der Waals surface area contributed by atoms with Crippen LogP contribution in [0.5, 0.6) is 0 Å². The van der Waals surface area contributed by atoms with E-state index in [1.165, 1.54) is 30.2 Å². The molecule has 1 saturated heterocycles. The third-order valence-corrected chi connectivity index (χ3v) is 6.05. The monoisotopic (exact) mass is 486 g/mol. The molecule has 9 heteroatoms. The van der Waals surface area contributed by atoms with E-state index in [-0.39, 0.29) is 23.2 Å². The molecule has 4 rings (SSSR count). The van der Waals surface area contributed by atoms with Gasteiger partial charge in [-0.15, -0.1) is 0 Å². The molecule has 1 unspecified atom stereocenters. The highest BCUT2D eigenvalue weighted by Gasteiger charge is 2.47. The van der Waals surface area contributed by atoms with Gasteiger partial charge >= 0.3 is 5.97 Å². The summed E-state index contributed by atoms with van der Waals surface area (Å²) < 4.78 is 4.68. The van der Waals surface area contributed by atoms with Gasteiger partial charge in [-0.1, -0.05) is 48.5 Å². The van der Waals surface area contributed by atoms with Crippen LogP contribution in [0.25, 0.3) is 5.76 Å². The highest BCUT2D eigenvalue weighted by Crippen LogP contribution is 2.43. The maximum atomic E-state index is 13.3. The number of Topliss-reactive ketones (excluding diaryl/α,β-unsaturated/α-hetero) is 1. The summed E-state index contributed by atoms with van der Waals surface area (Å²) in [6.07, 6.45) is 0.0452. The second-order valence-electron chi connectivity index (χ2n) is 8.25. The Morgan fingerprint density at radius 1 is 1.06 bits per heavy atom. The van der Waals surface area contributed by atoms with Crippen molar-refractivity contribution in [2.75, 3.05) is 12.0 Å². The van der Waals surface area contributed by atoms with Crippen LogP contribution in [0.15, 0.2) is 78.4 Å². The van der Waals surface area contributed by atoms with Crippen LogP contribution in [-0.2, 0) is 25.5 Å². The topological polar surface area (TPSA) is 127 Å². The normalized spacial score (nSPS) is 16.7. The van der Waals surface area contributed by atoms with Gasteiger partial charge in [-0.3, -0.25) is 29.4 Å². The number of ether oxygens (including phenoxy) is 1. The van der Waals surface area contributed by atoms with Gasteiger partial charge in [-0.25, -0.2) is 0 Å². The lowest BCUT2D eigenvalue weighted by Gasteiger charge is -2.26. The molecule has 1 fully saturated rings. The number of hydrogen-bond acceptors (Lipinski definition) is 7. The van der Waals surface area contributed by atoms with E-state index in [2.05, 4.69) is 4.74 Å². The Kier molecular flexibility index (Phi) is 6.64. The standard InChI is InChI=1S/C27H22N2O7/c1-16-6-3-4-9-21(16)24-23(25(31)18-7-5-8-20(15-18)29(34)35)26(32)27(33)28(24)19-12-10-17(11-13-19)14-22(30)36-2/h3-13,15,24,31H,14H2,1-2H3/b25-23+. The number of carbonyl (C=O) groups is 3. The highest BCUT2D eigenvalue weighted by atomic mass is 16.6. The average molecular weight is 486 g/mol. The van der Waals surface area contributed by atoms with Crippen molar-refractivity contribution in [2.45, 2.75) is 19.4 Å². The maximum Gasteiger partial charge on any atom is 0.309 e. The fraction of sp³-hybridized carbons (Fsp3) is 0.148. The number of methoxy groups -OCH3 is 1. The number of anilines is 1. The van der Waals surface area contributed by atoms with Crippen LogP contribution in [-0.4, -0.2) is 34.8 Å². The lowest BCUT2D eigenvalue weighted by Crippen LogP contribution is -2.29. The molecule has 36 heavy (non-hydrogen) atoms. The van der Waals surface area contributed by atoms with Gasteiger partial charge in [0.25, 0.3) is 17.4 Å². The van der Waals surface area contributed by atoms with Crippen molar-refractivity contribution in [1.29, 1.82) is 0 Å². The summed E-state index contributed by atoms with van der Waals surface area (Å²) >= 11 is 0. The number of esters is 1. The van der Waals surface area contributed by atoms with Gasteiger partial charge in [0.2, 0.25) is 0 Å². The highest BCUT2D eigenvalue weighted by molar-refractivity contribution is 6.51. The van der Waals surface area contributed by atoms with Crippen molar-refractivity contribution in [3.63, 3.8) is 0 Å². The van der Waals surface area contributed by atoms with Crippen molar-refractivity contribution in [1.82, 2.24) is 0 Å². The van der Waals surface area contributed by atoms with Crippen LogP contribution in [0.3, 0.4) is 0 Å². The van der Waals surface area contributed by atoms with Crippen molar-refractivity contribution in [2.24, 2.45) is 0 Å². The number of nitro benzene ring substituents is 1. The third kappa shape index (κ3) is 4.46. The number of aliphatic hydroxyl groups is 1. The fourth-order valence-corrected chi connectivity index (χ4v) is 4.22. The molecule has 9 nitrogen and oxygen atoms in total. The summed E-state index contributed by atoms with van der Waals surface area (Å²) in [6, 6.07) is 18.0. The number of carbonyl (C=O) groups excluding carboxylic acids is 3. The molecular weight excluding hydrogens is 464 g/mol. The Bertz CT molecular complexity index is 1410. The summed E-state index contributed by atoms with van der Waals surface area (Å²) in [5.74, 6) is -2.68. The Morgan fingerprint density at radius 2 is 1.75 bits per heavy atom. The summed E-state index contributed by atoms with van der Waals surface area (Å²) in [5.41, 5.74) is 2.05. The molecule has 1 N–H and O–H groups in total. The number of nitrogens with zero attached hydrogens (tertiary/aromatic N) is 2. The third-order valence-electron chi connectivity index (χ3n) is 6.05. The molecular formula is C27H22N2O7. The molecule has 1 heterocycles. The van der Waals surface area contributed by atoms with Crippen molar-refractivity contribution < 1.29 is 29.2 Å². The zero-order valence-corrected chi connectivity index (χ0v) is 19.5. The summed E-state index contributed by atoms with van der Waals surface area (Å²) in [6.45, 7) is 1.82. The summed E-state index contributed by atoms with van der Waals surface area (Å²) in [4.78, 5) is 50.1. The molecule has 0 saturated carbocycles. The summed E-state index contributed by atoms with van der Waals surface area (Å²) in [5, 5.41) is 22.4. The molecule has 0 aliphatic carbocycles. The van der Waals surface area contributed by atoms with Gasteiger partial charge in [-0.05, 0) is 35.7 Å². The maximum absolute atomic E-state index is 13.3. The van der Waals surface area contributed by atoms with E-state index >= 15 is 0 Å². The molecule has 0 spiro atoms. The van der Waals surface area contributed by atoms with Gasteiger partial charge < -0.3 is 9.84 Å². The summed E-state index contributed by atoms with van der Waals surface area (Å²) in [7, 11) is 1.29. The Morgan fingerprint density at radius 3 is 2.39 bits per heavy atom. The van der Waals surface area contributed by atoms with Crippen LogP contribution >= 0.6 is 0 Å². The minimum absolute atomic E-state index is 0.0452. The number of non-ortho nitro benzene ring substituents is 1. The van der Waals surface area contributed by atoms with E-state index in [0.717, 1.165) is 11.6 Å². The Balaban J connectivity index is 1.88. The molecule has 1 aliphatic rings. The van der Waals surface area contributed by atoms with Gasteiger partial charge in [0, 0.05) is 23.4 Å². The van der Waals surface area contributed by atoms with Gasteiger partial charge in [0.15, 0.2) is 0 Å². The van der Waals surface area contributed by atoms with Crippen LogP contribution in [0.4, 0.5) is 11.4 Å². The largest absolute Gasteiger partial charge is 0.507 e. The molecule has 3 aromatic carbocycles. The van der Waals surface area contributed by atoms with E-state index in [1.807, 2.05) is 19.1 Å². The predicted octanol–water partition coefficient (Wildman–Crippen LogP) is 4.25. The molecule has 1 amide bonds. The van der Waals surface area contributed by atoms with E-state index < -0.39 is 34.4 Å². The molecule has 182 valence electrons. The van der Waals surface area contributed by atoms with Crippen molar-refractivity contribution >= 4 is 34.8 Å². The second kappa shape index (κ2) is 9.83. The van der Waals surface area contributed by atoms with Gasteiger partial charge in [-0.2, -0.15) is 0 Å². The molecule has 0 bridgehead atoms. The van der Waals surface area contributed by atoms with Crippen molar-refractivity contribution in [3.8, 4) is 0 Å². The van der Waals surface area contributed by atoms with E-state index in [1.54, 1.807) is 36.4 Å². The first-order valence-corrected chi connectivity index (χ1v) is 11.0. The van der Waals surface area contributed by atoms with E-state index in [9.17, 15) is 29.6 Å². The number of hydrogen-bond donors (Lipinski definition) is 1. The second-order valence-corrected chi connectivity index (χ2v) is 8.25. The van der Waals surface area contributed by atoms with E-state index in [4.69, 9.17) is 0 Å². The van der Waals surface area contributed by atoms with Crippen molar-refractivity contribution in [3.05, 3.63) is 111 Å². The number of nitro groups is 1.